The van der Waals surface area contributed by atoms with Crippen molar-refractivity contribution >= 4 is 40.2 Å². The molecular weight excluding hydrogens is 378 g/mol. The Kier molecular flexibility index (Phi) is 5.45. The zero-order valence-electron chi connectivity index (χ0n) is 15.9. The van der Waals surface area contributed by atoms with Crippen molar-refractivity contribution in [1.29, 1.82) is 0 Å². The van der Waals surface area contributed by atoms with Crippen LogP contribution in [-0.4, -0.2) is 17.1 Å². The van der Waals surface area contributed by atoms with Gasteiger partial charge in [-0.2, -0.15) is 0 Å². The van der Waals surface area contributed by atoms with Gasteiger partial charge >= 0.3 is 0 Å². The Morgan fingerprint density at radius 3 is 2.21 bits per heavy atom. The first-order valence-electron chi connectivity index (χ1n) is 9.24. The minimum absolute atomic E-state index is 0.0704. The van der Waals surface area contributed by atoms with E-state index in [1.165, 1.54) is 0 Å². The minimum Gasteiger partial charge on any atom is -0.507 e. The number of hydrogen-bond donors (Lipinski definition) is 1. The van der Waals surface area contributed by atoms with Crippen LogP contribution in [0.2, 0.25) is 0 Å². The van der Waals surface area contributed by atoms with Crippen molar-refractivity contribution in [2.45, 2.75) is 16.7 Å². The van der Waals surface area contributed by atoms with Crippen LogP contribution in [0.25, 0.3) is 10.8 Å². The maximum absolute atomic E-state index is 11.4. The summed E-state index contributed by atoms with van der Waals surface area (Å²) in [7, 11) is 0. The molecule has 0 saturated carbocycles. The van der Waals surface area contributed by atoms with Gasteiger partial charge in [0.25, 0.3) is 0 Å². The molecule has 0 aromatic heterocycles. The normalized spacial score (nSPS) is 11.2. The Labute approximate surface area is 173 Å². The highest BCUT2D eigenvalue weighted by Crippen LogP contribution is 2.30. The Balaban J connectivity index is 1.51. The third-order valence-corrected chi connectivity index (χ3v) is 5.64. The lowest BCUT2D eigenvalue weighted by atomic mass is 10.0. The molecule has 4 aromatic rings. The predicted molar refractivity (Wildman–Crippen MR) is 120 cm³/mol. The fraction of sp³-hybridized carbons (Fsp3) is 0.0400. The average Bonchev–Trinajstić information content (AvgIpc) is 2.74. The lowest BCUT2D eigenvalue weighted by Gasteiger charge is -2.05. The molecule has 4 heteroatoms. The van der Waals surface area contributed by atoms with E-state index >= 15 is 0 Å². The number of rotatable bonds is 5. The Bertz CT molecular complexity index is 1200. The van der Waals surface area contributed by atoms with Crippen LogP contribution in [0.15, 0.2) is 99.7 Å². The number of aliphatic imine (C=N–C) groups is 1. The topological polar surface area (TPSA) is 49.7 Å². The second-order valence-electron chi connectivity index (χ2n) is 6.65. The van der Waals surface area contributed by atoms with Crippen molar-refractivity contribution in [1.82, 2.24) is 0 Å². The molecule has 4 aromatic carbocycles. The van der Waals surface area contributed by atoms with E-state index in [9.17, 15) is 9.90 Å². The summed E-state index contributed by atoms with van der Waals surface area (Å²) in [5.41, 5.74) is 2.25. The fourth-order valence-electron chi connectivity index (χ4n) is 3.05. The summed E-state index contributed by atoms with van der Waals surface area (Å²) in [4.78, 5) is 18.1. The molecule has 4 rings (SSSR count). The largest absolute Gasteiger partial charge is 0.507 e. The number of ketones is 1. The van der Waals surface area contributed by atoms with Gasteiger partial charge in [0.2, 0.25) is 0 Å². The summed E-state index contributed by atoms with van der Waals surface area (Å²) < 4.78 is 0. The van der Waals surface area contributed by atoms with Crippen molar-refractivity contribution in [2.24, 2.45) is 4.99 Å². The van der Waals surface area contributed by atoms with Crippen LogP contribution in [-0.2, 0) is 0 Å². The van der Waals surface area contributed by atoms with Crippen LogP contribution in [0, 0.1) is 0 Å². The Hall–Kier alpha value is -3.37. The van der Waals surface area contributed by atoms with Gasteiger partial charge in [-0.15, -0.1) is 0 Å². The van der Waals surface area contributed by atoms with E-state index in [-0.39, 0.29) is 11.5 Å². The molecule has 29 heavy (non-hydrogen) atoms. The third-order valence-electron chi connectivity index (χ3n) is 4.62. The molecule has 142 valence electrons. The van der Waals surface area contributed by atoms with Crippen LogP contribution in [0.4, 0.5) is 5.69 Å². The standard InChI is InChI=1S/C25H19NO2S/c1-17(27)18-6-11-21(12-7-18)29-22-13-9-20(10-14-22)26-16-24-23-5-3-2-4-19(23)8-15-25(24)28/h2-16,28H,1H3. The van der Waals surface area contributed by atoms with Gasteiger partial charge < -0.3 is 5.11 Å². The van der Waals surface area contributed by atoms with Gasteiger partial charge in [0, 0.05) is 27.1 Å². The second-order valence-corrected chi connectivity index (χ2v) is 7.80. The molecule has 0 amide bonds. The maximum Gasteiger partial charge on any atom is 0.159 e. The molecular formula is C25H19NO2S. The van der Waals surface area contributed by atoms with Gasteiger partial charge in [-0.3, -0.25) is 9.79 Å². The number of phenols is 1. The summed E-state index contributed by atoms with van der Waals surface area (Å²) in [6.45, 7) is 1.57. The first-order valence-corrected chi connectivity index (χ1v) is 10.1. The molecule has 0 aliphatic rings. The number of nitrogens with zero attached hydrogens (tertiary/aromatic N) is 1. The zero-order valence-corrected chi connectivity index (χ0v) is 16.7. The molecule has 0 fully saturated rings. The van der Waals surface area contributed by atoms with Crippen LogP contribution in [0.5, 0.6) is 5.75 Å². The van der Waals surface area contributed by atoms with Gasteiger partial charge in [0.05, 0.1) is 5.69 Å². The molecule has 0 atom stereocenters. The molecule has 0 aliphatic carbocycles. The molecule has 1 N–H and O–H groups in total. The van der Waals surface area contributed by atoms with Crippen molar-refractivity contribution in [3.05, 3.63) is 96.1 Å². The number of fused-ring (bicyclic) bond motifs is 1. The molecule has 0 unspecified atom stereocenters. The van der Waals surface area contributed by atoms with Gasteiger partial charge in [-0.25, -0.2) is 0 Å². The van der Waals surface area contributed by atoms with Gasteiger partial charge in [-0.05, 0) is 60.2 Å². The molecule has 0 spiro atoms. The molecule has 0 aliphatic heterocycles. The fourth-order valence-corrected chi connectivity index (χ4v) is 3.87. The van der Waals surface area contributed by atoms with E-state index < -0.39 is 0 Å². The highest BCUT2D eigenvalue weighted by atomic mass is 32.2. The van der Waals surface area contributed by atoms with Crippen molar-refractivity contribution in [3.63, 3.8) is 0 Å². The van der Waals surface area contributed by atoms with Crippen LogP contribution in [0.1, 0.15) is 22.8 Å². The molecule has 3 nitrogen and oxygen atoms in total. The molecule has 0 bridgehead atoms. The Morgan fingerprint density at radius 1 is 0.862 bits per heavy atom. The number of aromatic hydroxyl groups is 1. The number of carbonyl (C=O) groups excluding carboxylic acids is 1. The smallest absolute Gasteiger partial charge is 0.159 e. The van der Waals surface area contributed by atoms with Gasteiger partial charge in [0.1, 0.15) is 5.75 Å². The van der Waals surface area contributed by atoms with Gasteiger partial charge in [0.15, 0.2) is 5.78 Å². The van der Waals surface area contributed by atoms with E-state index in [0.29, 0.717) is 5.56 Å². The van der Waals surface area contributed by atoms with Crippen molar-refractivity contribution in [3.8, 4) is 5.75 Å². The number of carbonyl (C=O) groups is 1. The summed E-state index contributed by atoms with van der Waals surface area (Å²) in [5, 5.41) is 12.3. The Morgan fingerprint density at radius 2 is 1.52 bits per heavy atom. The lowest BCUT2D eigenvalue weighted by Crippen LogP contribution is -1.90. The van der Waals surface area contributed by atoms with Crippen LogP contribution in [0.3, 0.4) is 0 Å². The van der Waals surface area contributed by atoms with E-state index in [2.05, 4.69) is 4.99 Å². The summed E-state index contributed by atoms with van der Waals surface area (Å²) in [6.07, 6.45) is 1.71. The minimum atomic E-state index is 0.0704. The average molecular weight is 397 g/mol. The third kappa shape index (κ3) is 4.39. The summed E-state index contributed by atoms with van der Waals surface area (Å²) in [6, 6.07) is 27.0. The SMILES string of the molecule is CC(=O)c1ccc(Sc2ccc(N=Cc3c(O)ccc4ccccc34)cc2)cc1. The van der Waals surface area contributed by atoms with Crippen molar-refractivity contribution < 1.29 is 9.90 Å². The number of benzene rings is 4. The number of hydrogen-bond acceptors (Lipinski definition) is 4. The predicted octanol–water partition coefficient (Wildman–Crippen LogP) is 6.65. The maximum atomic E-state index is 11.4. The van der Waals surface area contributed by atoms with Crippen molar-refractivity contribution in [2.75, 3.05) is 0 Å². The lowest BCUT2D eigenvalue weighted by molar-refractivity contribution is 0.101. The molecule has 0 radical (unpaired) electrons. The highest BCUT2D eigenvalue weighted by molar-refractivity contribution is 7.99. The summed E-state index contributed by atoms with van der Waals surface area (Å²) >= 11 is 1.63. The quantitative estimate of drug-likeness (QED) is 0.303. The van der Waals surface area contributed by atoms with E-state index in [0.717, 1.165) is 31.8 Å². The first kappa shape index (κ1) is 19.0. The summed E-state index contributed by atoms with van der Waals surface area (Å²) in [5.74, 6) is 0.287. The second kappa shape index (κ2) is 8.33. The monoisotopic (exact) mass is 397 g/mol. The highest BCUT2D eigenvalue weighted by Gasteiger charge is 2.05. The van der Waals surface area contributed by atoms with E-state index in [1.54, 1.807) is 31.0 Å². The number of phenolic OH excluding ortho intramolecular Hbond substituents is 1. The van der Waals surface area contributed by atoms with Crippen LogP contribution >= 0.6 is 11.8 Å². The number of Topliss-reactive ketones (excluding diaryl/α,β-unsaturated/α-hetero) is 1. The zero-order chi connectivity index (χ0) is 20.2. The van der Waals surface area contributed by atoms with Crippen LogP contribution < -0.4 is 0 Å². The molecule has 0 saturated heterocycles. The first-order chi connectivity index (χ1) is 14.1. The molecule has 0 heterocycles. The van der Waals surface area contributed by atoms with E-state index in [1.807, 2.05) is 78.9 Å². The van der Waals surface area contributed by atoms with E-state index in [4.69, 9.17) is 0 Å². The van der Waals surface area contributed by atoms with Gasteiger partial charge in [-0.1, -0.05) is 54.2 Å².